The first kappa shape index (κ1) is 23.8. The predicted octanol–water partition coefficient (Wildman–Crippen LogP) is 4.45. The Morgan fingerprint density at radius 1 is 0.971 bits per heavy atom. The minimum absolute atomic E-state index is 0.0180. The lowest BCUT2D eigenvalue weighted by atomic mass is 9.96. The zero-order valence-electron chi connectivity index (χ0n) is 19.5. The van der Waals surface area contributed by atoms with Crippen molar-refractivity contribution < 1.29 is 24.2 Å². The smallest absolute Gasteiger partial charge is 0.407 e. The van der Waals surface area contributed by atoms with E-state index in [1.165, 1.54) is 0 Å². The van der Waals surface area contributed by atoms with E-state index in [4.69, 9.17) is 4.74 Å². The maximum absolute atomic E-state index is 12.9. The fourth-order valence-electron chi connectivity index (χ4n) is 5.16. The van der Waals surface area contributed by atoms with Crippen LogP contribution in [0.5, 0.6) is 0 Å². The monoisotopic (exact) mass is 464 g/mol. The number of aliphatic carboxylic acids is 1. The molecular weight excluding hydrogens is 432 g/mol. The maximum Gasteiger partial charge on any atom is 0.407 e. The van der Waals surface area contributed by atoms with Crippen LogP contribution in [0, 0.1) is 5.92 Å². The summed E-state index contributed by atoms with van der Waals surface area (Å²) in [7, 11) is 0. The third-order valence-electron chi connectivity index (χ3n) is 7.02. The Labute approximate surface area is 199 Å². The van der Waals surface area contributed by atoms with E-state index in [0.717, 1.165) is 54.4 Å². The summed E-state index contributed by atoms with van der Waals surface area (Å²) in [5, 5.41) is 14.8. The van der Waals surface area contributed by atoms with Gasteiger partial charge in [0.2, 0.25) is 5.91 Å². The number of carbonyl (C=O) groups is 3. The fourth-order valence-corrected chi connectivity index (χ4v) is 5.16. The summed E-state index contributed by atoms with van der Waals surface area (Å²) in [4.78, 5) is 36.9. The highest BCUT2D eigenvalue weighted by Crippen LogP contribution is 2.44. The lowest BCUT2D eigenvalue weighted by molar-refractivity contribution is -0.140. The highest BCUT2D eigenvalue weighted by Gasteiger charge is 2.31. The van der Waals surface area contributed by atoms with Crippen molar-refractivity contribution in [2.45, 2.75) is 63.5 Å². The van der Waals surface area contributed by atoms with E-state index in [-0.39, 0.29) is 18.6 Å². The number of carbonyl (C=O) groups excluding carboxylic acids is 2. The average molecular weight is 465 g/mol. The number of rotatable bonds is 7. The number of hydrogen-bond acceptors (Lipinski definition) is 4. The summed E-state index contributed by atoms with van der Waals surface area (Å²) in [5.41, 5.74) is 4.40. The second-order valence-corrected chi connectivity index (χ2v) is 9.35. The average Bonchev–Trinajstić information content (AvgIpc) is 3.00. The molecule has 0 bridgehead atoms. The topological polar surface area (TPSA) is 105 Å². The van der Waals surface area contributed by atoms with Crippen molar-refractivity contribution in [2.75, 3.05) is 6.61 Å². The van der Waals surface area contributed by atoms with Gasteiger partial charge in [-0.1, -0.05) is 74.7 Å². The van der Waals surface area contributed by atoms with E-state index in [1.807, 2.05) is 36.4 Å². The molecule has 2 aliphatic carbocycles. The summed E-state index contributed by atoms with van der Waals surface area (Å²) < 4.78 is 5.51. The molecule has 0 spiro atoms. The van der Waals surface area contributed by atoms with Gasteiger partial charge in [-0.15, -0.1) is 0 Å². The molecule has 1 saturated carbocycles. The number of carboxylic acid groups (broad SMARTS) is 1. The molecule has 1 fully saturated rings. The van der Waals surface area contributed by atoms with Crippen LogP contribution >= 0.6 is 0 Å². The quantitative estimate of drug-likeness (QED) is 0.525. The van der Waals surface area contributed by atoms with E-state index >= 15 is 0 Å². The molecule has 2 amide bonds. The number of ether oxygens (including phenoxy) is 1. The zero-order chi connectivity index (χ0) is 24.1. The van der Waals surface area contributed by atoms with Crippen LogP contribution in [-0.4, -0.2) is 41.8 Å². The van der Waals surface area contributed by atoms with Gasteiger partial charge in [-0.05, 0) is 41.0 Å². The van der Waals surface area contributed by atoms with Gasteiger partial charge in [-0.3, -0.25) is 9.59 Å². The molecule has 2 aromatic rings. The molecule has 0 radical (unpaired) electrons. The summed E-state index contributed by atoms with van der Waals surface area (Å²) in [6.45, 7) is 2.20. The van der Waals surface area contributed by atoms with E-state index in [0.29, 0.717) is 5.92 Å². The Bertz CT molecular complexity index is 1010. The van der Waals surface area contributed by atoms with Crippen LogP contribution in [0.2, 0.25) is 0 Å². The Morgan fingerprint density at radius 3 is 2.24 bits per heavy atom. The fraction of sp³-hybridized carbons (Fsp3) is 0.444. The minimum atomic E-state index is -1.19. The highest BCUT2D eigenvalue weighted by molar-refractivity contribution is 5.89. The lowest BCUT2D eigenvalue weighted by Crippen LogP contribution is -2.51. The number of hydrogen-bond donors (Lipinski definition) is 3. The van der Waals surface area contributed by atoms with E-state index in [1.54, 1.807) is 0 Å². The molecule has 4 rings (SSSR count). The summed E-state index contributed by atoms with van der Waals surface area (Å²) >= 11 is 0. The second kappa shape index (κ2) is 10.7. The molecule has 3 unspecified atom stereocenters. The third kappa shape index (κ3) is 5.41. The summed E-state index contributed by atoms with van der Waals surface area (Å²) in [6.07, 6.45) is 3.87. The van der Waals surface area contributed by atoms with Crippen molar-refractivity contribution in [3.63, 3.8) is 0 Å². The molecule has 0 heterocycles. The summed E-state index contributed by atoms with van der Waals surface area (Å²) in [6, 6.07) is 14.8. The van der Waals surface area contributed by atoms with Gasteiger partial charge in [0.05, 0.1) is 6.42 Å². The van der Waals surface area contributed by atoms with Crippen LogP contribution in [0.25, 0.3) is 11.1 Å². The van der Waals surface area contributed by atoms with Crippen molar-refractivity contribution >= 4 is 18.0 Å². The number of carboxylic acids is 1. The van der Waals surface area contributed by atoms with Crippen molar-refractivity contribution in [3.8, 4) is 11.1 Å². The number of fused-ring (bicyclic) bond motifs is 3. The van der Waals surface area contributed by atoms with Gasteiger partial charge in [-0.2, -0.15) is 0 Å². The van der Waals surface area contributed by atoms with Gasteiger partial charge in [0.1, 0.15) is 12.6 Å². The number of benzene rings is 2. The normalized spacial score (nSPS) is 20.4. The van der Waals surface area contributed by atoms with Crippen LogP contribution in [0.15, 0.2) is 48.5 Å². The van der Waals surface area contributed by atoms with E-state index < -0.39 is 30.4 Å². The molecule has 0 saturated heterocycles. The Kier molecular flexibility index (Phi) is 7.50. The van der Waals surface area contributed by atoms with Crippen molar-refractivity contribution in [1.29, 1.82) is 0 Å². The first-order valence-corrected chi connectivity index (χ1v) is 12.1. The molecule has 3 atom stereocenters. The molecule has 0 aliphatic heterocycles. The summed E-state index contributed by atoms with van der Waals surface area (Å²) in [5.74, 6) is -1.44. The molecule has 2 aromatic carbocycles. The standard InChI is InChI=1S/C27H32N2O5/c1-17-9-3-2-4-14-23(17)28-26(32)24(15-25(30)31)29-27(33)34-16-22-20-12-7-5-10-18(20)19-11-6-8-13-21(19)22/h5-8,10-13,17,22-24H,2-4,9,14-16H2,1H3,(H,28,32)(H,29,33)(H,30,31). The largest absolute Gasteiger partial charge is 0.481 e. The number of amides is 2. The van der Waals surface area contributed by atoms with Gasteiger partial charge in [-0.25, -0.2) is 4.79 Å². The SMILES string of the molecule is CC1CCCCCC1NC(=O)C(CC(=O)O)NC(=O)OCC1c2ccccc2-c2ccccc21. The molecule has 7 nitrogen and oxygen atoms in total. The van der Waals surface area contributed by atoms with Gasteiger partial charge < -0.3 is 20.5 Å². The molecule has 3 N–H and O–H groups in total. The van der Waals surface area contributed by atoms with Crippen molar-refractivity contribution in [2.24, 2.45) is 5.92 Å². The number of alkyl carbamates (subject to hydrolysis) is 1. The van der Waals surface area contributed by atoms with Crippen LogP contribution in [0.4, 0.5) is 4.79 Å². The van der Waals surface area contributed by atoms with Crippen LogP contribution < -0.4 is 10.6 Å². The molecule has 180 valence electrons. The van der Waals surface area contributed by atoms with Gasteiger partial charge >= 0.3 is 12.1 Å². The van der Waals surface area contributed by atoms with Crippen LogP contribution in [0.1, 0.15) is 62.5 Å². The van der Waals surface area contributed by atoms with E-state index in [2.05, 4.69) is 29.7 Å². The zero-order valence-corrected chi connectivity index (χ0v) is 19.5. The molecule has 7 heteroatoms. The molecule has 2 aliphatic rings. The molecule has 34 heavy (non-hydrogen) atoms. The Balaban J connectivity index is 1.40. The third-order valence-corrected chi connectivity index (χ3v) is 7.02. The Morgan fingerprint density at radius 2 is 1.59 bits per heavy atom. The lowest BCUT2D eigenvalue weighted by Gasteiger charge is -2.25. The minimum Gasteiger partial charge on any atom is -0.481 e. The van der Waals surface area contributed by atoms with Gasteiger partial charge in [0, 0.05) is 12.0 Å². The predicted molar refractivity (Wildman–Crippen MR) is 128 cm³/mol. The molecular formula is C27H32N2O5. The van der Waals surface area contributed by atoms with Crippen molar-refractivity contribution in [3.05, 3.63) is 59.7 Å². The van der Waals surface area contributed by atoms with Gasteiger partial charge in [0.25, 0.3) is 0 Å². The first-order chi connectivity index (χ1) is 16.4. The first-order valence-electron chi connectivity index (χ1n) is 12.1. The molecule has 0 aromatic heterocycles. The Hall–Kier alpha value is -3.35. The van der Waals surface area contributed by atoms with Gasteiger partial charge in [0.15, 0.2) is 0 Å². The van der Waals surface area contributed by atoms with Crippen LogP contribution in [0.3, 0.4) is 0 Å². The second-order valence-electron chi connectivity index (χ2n) is 9.35. The maximum atomic E-state index is 12.9. The van der Waals surface area contributed by atoms with Crippen molar-refractivity contribution in [1.82, 2.24) is 10.6 Å². The van der Waals surface area contributed by atoms with Crippen LogP contribution in [-0.2, 0) is 14.3 Å². The van der Waals surface area contributed by atoms with E-state index in [9.17, 15) is 19.5 Å². The highest BCUT2D eigenvalue weighted by atomic mass is 16.5. The number of nitrogens with one attached hydrogen (secondary N) is 2.